The minimum atomic E-state index is -0.381. The lowest BCUT2D eigenvalue weighted by atomic mass is 10.1. The van der Waals surface area contributed by atoms with Crippen LogP contribution in [0.25, 0.3) is 0 Å². The lowest BCUT2D eigenvalue weighted by molar-refractivity contribution is -0.145. The highest BCUT2D eigenvalue weighted by Crippen LogP contribution is 2.12. The molecule has 1 amide bonds. The van der Waals surface area contributed by atoms with E-state index in [1.807, 2.05) is 12.1 Å². The van der Waals surface area contributed by atoms with Gasteiger partial charge in [0.2, 0.25) is 5.91 Å². The number of likely N-dealkylation sites (N-methyl/N-ethyl adjacent to an activating group) is 1. The predicted molar refractivity (Wildman–Crippen MR) is 86.5 cm³/mol. The van der Waals surface area contributed by atoms with E-state index < -0.39 is 0 Å². The van der Waals surface area contributed by atoms with Gasteiger partial charge in [0.15, 0.2) is 6.61 Å². The fourth-order valence-corrected chi connectivity index (χ4v) is 1.67. The number of nitrogens with one attached hydrogen (secondary N) is 2. The van der Waals surface area contributed by atoms with E-state index >= 15 is 0 Å². The van der Waals surface area contributed by atoms with Crippen LogP contribution in [0.15, 0.2) is 24.3 Å². The Morgan fingerprint density at radius 2 is 1.86 bits per heavy atom. The van der Waals surface area contributed by atoms with Crippen molar-refractivity contribution >= 4 is 24.3 Å². The van der Waals surface area contributed by atoms with E-state index in [0.29, 0.717) is 25.4 Å². The van der Waals surface area contributed by atoms with Crippen LogP contribution in [0.4, 0.5) is 0 Å². The molecule has 0 unspecified atom stereocenters. The van der Waals surface area contributed by atoms with Gasteiger partial charge in [-0.3, -0.25) is 4.79 Å². The fourth-order valence-electron chi connectivity index (χ4n) is 1.67. The van der Waals surface area contributed by atoms with Crippen molar-refractivity contribution in [3.05, 3.63) is 29.8 Å². The fraction of sp³-hybridized carbons (Fsp3) is 0.467. The number of esters is 1. The van der Waals surface area contributed by atoms with Gasteiger partial charge in [0.1, 0.15) is 5.75 Å². The highest BCUT2D eigenvalue weighted by Gasteiger charge is 2.03. The van der Waals surface area contributed by atoms with Crippen molar-refractivity contribution in [1.82, 2.24) is 10.6 Å². The molecule has 7 heteroatoms. The van der Waals surface area contributed by atoms with Crippen LogP contribution in [0.1, 0.15) is 12.5 Å². The standard InChI is InChI=1S/C15H22N2O4.ClH/c1-3-20-15(19)11-21-13-6-4-12(5-7-13)8-9-17-14(18)10-16-2;/h4-7,16H,3,8-11H2,1-2H3,(H,17,18);1H. The summed E-state index contributed by atoms with van der Waals surface area (Å²) in [5.41, 5.74) is 1.09. The molecule has 0 atom stereocenters. The molecule has 0 aliphatic rings. The third-order valence-electron chi connectivity index (χ3n) is 2.66. The molecule has 0 aromatic heterocycles. The number of amides is 1. The van der Waals surface area contributed by atoms with Gasteiger partial charge in [-0.25, -0.2) is 4.79 Å². The number of halogens is 1. The summed E-state index contributed by atoms with van der Waals surface area (Å²) in [5, 5.41) is 5.60. The third-order valence-corrected chi connectivity index (χ3v) is 2.66. The number of hydrogen-bond acceptors (Lipinski definition) is 5. The molecule has 0 saturated heterocycles. The number of benzene rings is 1. The summed E-state index contributed by atoms with van der Waals surface area (Å²) in [6, 6.07) is 7.41. The van der Waals surface area contributed by atoms with Gasteiger partial charge in [0.25, 0.3) is 0 Å². The zero-order valence-electron chi connectivity index (χ0n) is 12.9. The van der Waals surface area contributed by atoms with Gasteiger partial charge in [-0.2, -0.15) is 0 Å². The minimum Gasteiger partial charge on any atom is -0.482 e. The summed E-state index contributed by atoms with van der Waals surface area (Å²) >= 11 is 0. The first-order valence-electron chi connectivity index (χ1n) is 6.94. The molecule has 0 aliphatic carbocycles. The SMILES string of the molecule is CCOC(=O)COc1ccc(CCNC(=O)CNC)cc1.Cl. The number of ether oxygens (including phenoxy) is 2. The molecule has 0 saturated carbocycles. The van der Waals surface area contributed by atoms with Crippen molar-refractivity contribution in [3.8, 4) is 5.75 Å². The second-order valence-electron chi connectivity index (χ2n) is 4.37. The Kier molecular flexibility index (Phi) is 10.9. The summed E-state index contributed by atoms with van der Waals surface area (Å²) in [7, 11) is 1.73. The molecule has 1 aromatic rings. The van der Waals surface area contributed by atoms with E-state index in [4.69, 9.17) is 9.47 Å². The summed E-state index contributed by atoms with van der Waals surface area (Å²) in [6.07, 6.45) is 0.744. The first kappa shape index (κ1) is 20.2. The first-order chi connectivity index (χ1) is 10.2. The molecular weight excluding hydrogens is 308 g/mol. The van der Waals surface area contributed by atoms with E-state index in [9.17, 15) is 9.59 Å². The van der Waals surface area contributed by atoms with Crippen molar-refractivity contribution in [2.24, 2.45) is 0 Å². The molecule has 0 spiro atoms. The number of rotatable bonds is 9. The summed E-state index contributed by atoms with van der Waals surface area (Å²) in [6.45, 7) is 2.92. The van der Waals surface area contributed by atoms with Crippen LogP contribution in [0.3, 0.4) is 0 Å². The maximum atomic E-state index is 11.3. The number of hydrogen-bond donors (Lipinski definition) is 2. The van der Waals surface area contributed by atoms with Crippen LogP contribution in [0, 0.1) is 0 Å². The molecule has 124 valence electrons. The van der Waals surface area contributed by atoms with Crippen LogP contribution < -0.4 is 15.4 Å². The predicted octanol–water partition coefficient (Wildman–Crippen LogP) is 0.928. The number of carbonyl (C=O) groups excluding carboxylic acids is 2. The lowest BCUT2D eigenvalue weighted by Gasteiger charge is -2.07. The zero-order valence-corrected chi connectivity index (χ0v) is 13.7. The third kappa shape index (κ3) is 8.49. The van der Waals surface area contributed by atoms with E-state index in [1.54, 1.807) is 26.1 Å². The van der Waals surface area contributed by atoms with Gasteiger partial charge in [-0.1, -0.05) is 12.1 Å². The molecule has 1 rings (SSSR count). The van der Waals surface area contributed by atoms with Gasteiger partial charge < -0.3 is 20.1 Å². The topological polar surface area (TPSA) is 76.7 Å². The Bertz CT molecular complexity index is 451. The van der Waals surface area contributed by atoms with Crippen molar-refractivity contribution in [3.63, 3.8) is 0 Å². The zero-order chi connectivity index (χ0) is 15.5. The van der Waals surface area contributed by atoms with Crippen LogP contribution >= 0.6 is 12.4 Å². The molecule has 0 aliphatic heterocycles. The van der Waals surface area contributed by atoms with Crippen molar-refractivity contribution in [2.75, 3.05) is 33.4 Å². The summed E-state index contributed by atoms with van der Waals surface area (Å²) in [4.78, 5) is 22.4. The van der Waals surface area contributed by atoms with Gasteiger partial charge in [-0.05, 0) is 38.1 Å². The van der Waals surface area contributed by atoms with Gasteiger partial charge >= 0.3 is 5.97 Å². The van der Waals surface area contributed by atoms with E-state index in [2.05, 4.69) is 10.6 Å². The average molecular weight is 331 g/mol. The molecule has 0 bridgehead atoms. The molecule has 1 aromatic carbocycles. The molecule has 6 nitrogen and oxygen atoms in total. The Labute approximate surface area is 137 Å². The maximum Gasteiger partial charge on any atom is 0.344 e. The quantitative estimate of drug-likeness (QED) is 0.659. The molecule has 0 fully saturated rings. The van der Waals surface area contributed by atoms with E-state index in [1.165, 1.54) is 0 Å². The minimum absolute atomic E-state index is 0. The highest BCUT2D eigenvalue weighted by molar-refractivity contribution is 5.85. The summed E-state index contributed by atoms with van der Waals surface area (Å²) in [5.74, 6) is 0.215. The van der Waals surface area contributed by atoms with Crippen LogP contribution in [0.2, 0.25) is 0 Å². The maximum absolute atomic E-state index is 11.3. The Hall–Kier alpha value is -1.79. The Morgan fingerprint density at radius 3 is 2.45 bits per heavy atom. The Morgan fingerprint density at radius 1 is 1.18 bits per heavy atom. The monoisotopic (exact) mass is 330 g/mol. The second-order valence-corrected chi connectivity index (χ2v) is 4.37. The van der Waals surface area contributed by atoms with Crippen LogP contribution in [-0.2, 0) is 20.7 Å². The average Bonchev–Trinajstić information content (AvgIpc) is 2.47. The van der Waals surface area contributed by atoms with Gasteiger partial charge in [0, 0.05) is 6.54 Å². The number of carbonyl (C=O) groups is 2. The van der Waals surface area contributed by atoms with E-state index in [-0.39, 0.29) is 30.9 Å². The Balaban J connectivity index is 0.00000441. The van der Waals surface area contributed by atoms with E-state index in [0.717, 1.165) is 12.0 Å². The second kappa shape index (κ2) is 11.8. The van der Waals surface area contributed by atoms with Crippen LogP contribution in [0.5, 0.6) is 5.75 Å². The molecule has 0 radical (unpaired) electrons. The molecule has 22 heavy (non-hydrogen) atoms. The smallest absolute Gasteiger partial charge is 0.344 e. The molecule has 2 N–H and O–H groups in total. The van der Waals surface area contributed by atoms with Crippen molar-refractivity contribution in [2.45, 2.75) is 13.3 Å². The van der Waals surface area contributed by atoms with Gasteiger partial charge in [-0.15, -0.1) is 12.4 Å². The lowest BCUT2D eigenvalue weighted by Crippen LogP contribution is -2.33. The van der Waals surface area contributed by atoms with Crippen molar-refractivity contribution in [1.29, 1.82) is 0 Å². The summed E-state index contributed by atoms with van der Waals surface area (Å²) < 4.78 is 10.1. The van der Waals surface area contributed by atoms with Gasteiger partial charge in [0.05, 0.1) is 13.2 Å². The highest BCUT2D eigenvalue weighted by atomic mass is 35.5. The largest absolute Gasteiger partial charge is 0.482 e. The first-order valence-corrected chi connectivity index (χ1v) is 6.94. The normalized spacial score (nSPS) is 9.55. The molecule has 0 heterocycles. The van der Waals surface area contributed by atoms with Crippen LogP contribution in [-0.4, -0.2) is 45.2 Å². The van der Waals surface area contributed by atoms with Crippen molar-refractivity contribution < 1.29 is 19.1 Å². The molecular formula is C15H23ClN2O4.